The van der Waals surface area contributed by atoms with Crippen LogP contribution in [-0.2, 0) is 14.8 Å². The molecule has 1 unspecified atom stereocenters. The Bertz CT molecular complexity index is 1070. The Morgan fingerprint density at radius 1 is 1.27 bits per heavy atom. The van der Waals surface area contributed by atoms with Gasteiger partial charge in [-0.05, 0) is 37.6 Å². The number of aliphatic carboxylic acids is 1. The number of piperidine rings is 1. The van der Waals surface area contributed by atoms with Gasteiger partial charge in [0.25, 0.3) is 0 Å². The molecular formula is C21H23ClFNO5S. The third-order valence-electron chi connectivity index (χ3n) is 5.46. The standard InChI is InChI=1S/C21H23ClFNO5S/c1-13-12-21(23,20(26)27)9-10-24(13)30(28,29)19-8-7-15(14(2)25)11-17(19)16-5-3-4-6-18(16)22/h3-8,11,13-14,25H,9-10,12H2,1-2H3,(H,26,27)/t13-,14?,21+/m1/s1. The largest absolute Gasteiger partial charge is 0.479 e. The van der Waals surface area contributed by atoms with Gasteiger partial charge in [0.05, 0.1) is 11.0 Å². The van der Waals surface area contributed by atoms with Crippen molar-refractivity contribution in [2.24, 2.45) is 0 Å². The van der Waals surface area contributed by atoms with Crippen molar-refractivity contribution < 1.29 is 27.8 Å². The Hall–Kier alpha value is -2.00. The van der Waals surface area contributed by atoms with Gasteiger partial charge in [-0.15, -0.1) is 0 Å². The van der Waals surface area contributed by atoms with Crippen molar-refractivity contribution in [3.05, 3.63) is 53.1 Å². The number of nitrogens with zero attached hydrogens (tertiary/aromatic N) is 1. The highest BCUT2D eigenvalue weighted by Crippen LogP contribution is 2.39. The van der Waals surface area contributed by atoms with Gasteiger partial charge in [-0.1, -0.05) is 35.9 Å². The van der Waals surface area contributed by atoms with Crippen molar-refractivity contribution in [1.82, 2.24) is 4.31 Å². The molecule has 0 bridgehead atoms. The van der Waals surface area contributed by atoms with Gasteiger partial charge < -0.3 is 10.2 Å². The molecule has 0 saturated carbocycles. The van der Waals surface area contributed by atoms with Crippen LogP contribution < -0.4 is 0 Å². The molecule has 6 nitrogen and oxygen atoms in total. The molecule has 2 N–H and O–H groups in total. The number of aliphatic hydroxyl groups is 1. The predicted octanol–water partition coefficient (Wildman–Crippen LogP) is 4.03. The van der Waals surface area contributed by atoms with Gasteiger partial charge in [-0.25, -0.2) is 17.6 Å². The fourth-order valence-corrected chi connectivity index (χ4v) is 5.84. The number of carboxylic acid groups (broad SMARTS) is 1. The molecule has 1 aliphatic heterocycles. The number of hydrogen-bond donors (Lipinski definition) is 2. The Morgan fingerprint density at radius 2 is 1.93 bits per heavy atom. The molecule has 1 fully saturated rings. The number of sulfonamides is 1. The zero-order valence-corrected chi connectivity index (χ0v) is 18.1. The molecule has 9 heteroatoms. The molecule has 0 aliphatic carbocycles. The molecule has 1 aliphatic rings. The molecule has 0 amide bonds. The average molecular weight is 456 g/mol. The maximum atomic E-state index is 14.6. The highest BCUT2D eigenvalue weighted by Gasteiger charge is 2.48. The number of benzene rings is 2. The van der Waals surface area contributed by atoms with Gasteiger partial charge in [-0.2, -0.15) is 4.31 Å². The highest BCUT2D eigenvalue weighted by molar-refractivity contribution is 7.89. The second-order valence-corrected chi connectivity index (χ2v) is 9.87. The van der Waals surface area contributed by atoms with Crippen molar-refractivity contribution in [3.63, 3.8) is 0 Å². The quantitative estimate of drug-likeness (QED) is 0.709. The summed E-state index contributed by atoms with van der Waals surface area (Å²) >= 11 is 6.31. The maximum Gasteiger partial charge on any atom is 0.341 e. The van der Waals surface area contributed by atoms with Crippen LogP contribution in [0.15, 0.2) is 47.4 Å². The molecule has 30 heavy (non-hydrogen) atoms. The number of halogens is 2. The van der Waals surface area contributed by atoms with Crippen LogP contribution in [0.4, 0.5) is 4.39 Å². The van der Waals surface area contributed by atoms with Crippen LogP contribution in [0.3, 0.4) is 0 Å². The van der Waals surface area contributed by atoms with Gasteiger partial charge in [0.2, 0.25) is 15.7 Å². The van der Waals surface area contributed by atoms with Crippen LogP contribution in [0.2, 0.25) is 5.02 Å². The summed E-state index contributed by atoms with van der Waals surface area (Å²) in [6, 6.07) is 10.4. The van der Waals surface area contributed by atoms with Crippen LogP contribution in [0.25, 0.3) is 11.1 Å². The first-order valence-corrected chi connectivity index (χ1v) is 11.3. The lowest BCUT2D eigenvalue weighted by atomic mass is 9.90. The monoisotopic (exact) mass is 455 g/mol. The first kappa shape index (κ1) is 22.7. The fourth-order valence-electron chi connectivity index (χ4n) is 3.78. The van der Waals surface area contributed by atoms with E-state index in [0.29, 0.717) is 21.7 Å². The van der Waals surface area contributed by atoms with Crippen molar-refractivity contribution in [3.8, 4) is 11.1 Å². The summed E-state index contributed by atoms with van der Waals surface area (Å²) in [6.45, 7) is 2.80. The van der Waals surface area contributed by atoms with E-state index in [4.69, 9.17) is 16.7 Å². The van der Waals surface area contributed by atoms with Crippen LogP contribution >= 0.6 is 11.6 Å². The topological polar surface area (TPSA) is 94.9 Å². The van der Waals surface area contributed by atoms with Gasteiger partial charge >= 0.3 is 5.97 Å². The van der Waals surface area contributed by atoms with Crippen LogP contribution in [-0.4, -0.2) is 47.2 Å². The molecule has 3 rings (SSSR count). The Kier molecular flexibility index (Phi) is 6.25. The molecule has 1 saturated heterocycles. The van der Waals surface area contributed by atoms with E-state index in [0.717, 1.165) is 4.31 Å². The van der Waals surface area contributed by atoms with E-state index < -0.39 is 46.6 Å². The molecule has 0 spiro atoms. The third kappa shape index (κ3) is 4.09. The summed E-state index contributed by atoms with van der Waals surface area (Å²) in [5.74, 6) is -1.58. The summed E-state index contributed by atoms with van der Waals surface area (Å²) in [5.41, 5.74) is -1.13. The van der Waals surface area contributed by atoms with E-state index in [-0.39, 0.29) is 11.4 Å². The Labute approximate surface area is 180 Å². The molecular weight excluding hydrogens is 433 g/mol. The summed E-state index contributed by atoms with van der Waals surface area (Å²) < 4.78 is 42.7. The van der Waals surface area contributed by atoms with E-state index in [1.165, 1.54) is 19.1 Å². The molecule has 162 valence electrons. The van der Waals surface area contributed by atoms with Crippen LogP contribution in [0, 0.1) is 0 Å². The van der Waals surface area contributed by atoms with Crippen molar-refractivity contribution >= 4 is 27.6 Å². The van der Waals surface area contributed by atoms with E-state index in [1.54, 1.807) is 37.3 Å². The zero-order chi connectivity index (χ0) is 22.3. The lowest BCUT2D eigenvalue weighted by Gasteiger charge is -2.38. The van der Waals surface area contributed by atoms with Crippen LogP contribution in [0.5, 0.6) is 0 Å². The number of aliphatic hydroxyl groups excluding tert-OH is 1. The molecule has 1 heterocycles. The zero-order valence-electron chi connectivity index (χ0n) is 16.5. The minimum absolute atomic E-state index is 0.0338. The second-order valence-electron chi connectivity index (χ2n) is 7.60. The van der Waals surface area contributed by atoms with E-state index in [2.05, 4.69) is 0 Å². The Morgan fingerprint density at radius 3 is 2.50 bits per heavy atom. The van der Waals surface area contributed by atoms with Crippen LogP contribution in [0.1, 0.15) is 38.4 Å². The maximum absolute atomic E-state index is 14.6. The number of rotatable bonds is 5. The molecule has 2 aromatic rings. The van der Waals surface area contributed by atoms with E-state index in [1.807, 2.05) is 0 Å². The van der Waals surface area contributed by atoms with Gasteiger partial charge in [0, 0.05) is 41.6 Å². The summed E-state index contributed by atoms with van der Waals surface area (Å²) in [7, 11) is -4.09. The average Bonchev–Trinajstić information content (AvgIpc) is 2.67. The SMILES string of the molecule is CC(O)c1ccc(S(=O)(=O)N2CC[C@@](F)(C(=O)O)C[C@H]2C)c(-c2ccccc2Cl)c1. The molecule has 0 radical (unpaired) electrons. The first-order valence-electron chi connectivity index (χ1n) is 9.48. The predicted molar refractivity (Wildman–Crippen MR) is 112 cm³/mol. The number of alkyl halides is 1. The highest BCUT2D eigenvalue weighted by atomic mass is 35.5. The lowest BCUT2D eigenvalue weighted by Crippen LogP contribution is -2.52. The third-order valence-corrected chi connectivity index (χ3v) is 7.86. The summed E-state index contributed by atoms with van der Waals surface area (Å²) in [6.07, 6.45) is -1.69. The number of carboxylic acids is 1. The van der Waals surface area contributed by atoms with E-state index in [9.17, 15) is 22.7 Å². The van der Waals surface area contributed by atoms with Crippen molar-refractivity contribution in [1.29, 1.82) is 0 Å². The summed E-state index contributed by atoms with van der Waals surface area (Å²) in [5, 5.41) is 19.5. The Balaban J connectivity index is 2.11. The normalized spacial score (nSPS) is 23.8. The first-order chi connectivity index (χ1) is 14.0. The minimum atomic E-state index is -4.09. The minimum Gasteiger partial charge on any atom is -0.479 e. The van der Waals surface area contributed by atoms with Gasteiger partial charge in [0.15, 0.2) is 0 Å². The summed E-state index contributed by atoms with van der Waals surface area (Å²) in [4.78, 5) is 11.2. The van der Waals surface area contributed by atoms with Gasteiger partial charge in [0.1, 0.15) is 0 Å². The fraction of sp³-hybridized carbons (Fsp3) is 0.381. The number of hydrogen-bond acceptors (Lipinski definition) is 4. The smallest absolute Gasteiger partial charge is 0.341 e. The molecule has 2 aromatic carbocycles. The lowest BCUT2D eigenvalue weighted by molar-refractivity contribution is -0.154. The van der Waals surface area contributed by atoms with Gasteiger partial charge in [-0.3, -0.25) is 0 Å². The second kappa shape index (κ2) is 8.26. The molecule has 0 aromatic heterocycles. The van der Waals surface area contributed by atoms with Crippen molar-refractivity contribution in [2.75, 3.05) is 6.54 Å². The van der Waals surface area contributed by atoms with Crippen molar-refractivity contribution in [2.45, 2.75) is 49.4 Å². The number of carbonyl (C=O) groups is 1. The molecule has 3 atom stereocenters. The van der Waals surface area contributed by atoms with E-state index >= 15 is 0 Å².